The molecule has 1 N–H and O–H groups in total. The Kier molecular flexibility index (Phi) is 8.99. The highest BCUT2D eigenvalue weighted by atomic mass is 35.5. The Balaban J connectivity index is 1.50. The molecule has 0 amide bonds. The lowest BCUT2D eigenvalue weighted by atomic mass is 9.84. The second-order valence-electron chi connectivity index (χ2n) is 9.56. The van der Waals surface area contributed by atoms with Gasteiger partial charge >= 0.3 is 5.97 Å². The number of likely N-dealkylation sites (tertiary alicyclic amines) is 1. The van der Waals surface area contributed by atoms with E-state index in [9.17, 15) is 4.79 Å². The quantitative estimate of drug-likeness (QED) is 0.308. The van der Waals surface area contributed by atoms with Gasteiger partial charge < -0.3 is 14.7 Å². The first-order valence-corrected chi connectivity index (χ1v) is 13.9. The minimum absolute atomic E-state index is 0.0606. The summed E-state index contributed by atoms with van der Waals surface area (Å²) in [4.78, 5) is 13.2. The van der Waals surface area contributed by atoms with Crippen LogP contribution in [-0.2, 0) is 11.2 Å². The van der Waals surface area contributed by atoms with E-state index < -0.39 is 5.97 Å². The number of carbonyl (C=O) groups is 1. The minimum atomic E-state index is -0.714. The van der Waals surface area contributed by atoms with Crippen LogP contribution in [0.25, 0.3) is 21.1 Å². The number of hydrogen-bond acceptors (Lipinski definition) is 6. The summed E-state index contributed by atoms with van der Waals surface area (Å²) in [5.41, 5.74) is 4.86. The van der Waals surface area contributed by atoms with E-state index in [-0.39, 0.29) is 12.5 Å². The van der Waals surface area contributed by atoms with Gasteiger partial charge in [0.15, 0.2) is 0 Å². The number of aromatic nitrogens is 2. The maximum absolute atomic E-state index is 10.8. The second kappa shape index (κ2) is 12.2. The summed E-state index contributed by atoms with van der Waals surface area (Å²) in [5.74, 6) is 0.471. The molecule has 1 fully saturated rings. The van der Waals surface area contributed by atoms with E-state index in [1.165, 1.54) is 11.1 Å². The van der Waals surface area contributed by atoms with Gasteiger partial charge in [0, 0.05) is 17.5 Å². The van der Waals surface area contributed by atoms with Gasteiger partial charge in [-0.15, -0.1) is 10.2 Å². The number of carboxylic acids is 1. The van der Waals surface area contributed by atoms with Gasteiger partial charge in [-0.1, -0.05) is 48.1 Å². The third kappa shape index (κ3) is 6.44. The molecule has 1 aliphatic rings. The molecule has 192 valence electrons. The average Bonchev–Trinajstić information content (AvgIpc) is 3.35. The minimum Gasteiger partial charge on any atom is -0.489 e. The van der Waals surface area contributed by atoms with Crippen LogP contribution in [0.3, 0.4) is 0 Å². The average molecular weight is 528 g/mol. The number of nitrogens with zero attached hydrogens (tertiary/aromatic N) is 3. The first kappa shape index (κ1) is 26.6. The number of benzene rings is 2. The van der Waals surface area contributed by atoms with E-state index in [2.05, 4.69) is 40.2 Å². The van der Waals surface area contributed by atoms with Gasteiger partial charge in [-0.05, 0) is 94.4 Å². The number of rotatable bonds is 10. The molecule has 8 heteroatoms. The predicted molar refractivity (Wildman–Crippen MR) is 146 cm³/mol. The zero-order chi connectivity index (χ0) is 25.7. The molecule has 3 aromatic rings. The number of carboxylic acid groups (broad SMARTS) is 1. The Morgan fingerprint density at radius 1 is 1.19 bits per heavy atom. The van der Waals surface area contributed by atoms with Crippen LogP contribution < -0.4 is 4.74 Å². The van der Waals surface area contributed by atoms with E-state index in [1.54, 1.807) is 11.3 Å². The van der Waals surface area contributed by atoms with Gasteiger partial charge in [0.25, 0.3) is 0 Å². The van der Waals surface area contributed by atoms with Crippen LogP contribution >= 0.6 is 22.9 Å². The molecule has 0 saturated carbocycles. The van der Waals surface area contributed by atoms with Crippen molar-refractivity contribution in [2.45, 2.75) is 64.9 Å². The van der Waals surface area contributed by atoms with Crippen molar-refractivity contribution in [2.24, 2.45) is 0 Å². The second-order valence-corrected chi connectivity index (χ2v) is 10.9. The Bertz CT molecular complexity index is 1190. The van der Waals surface area contributed by atoms with Gasteiger partial charge in [-0.2, -0.15) is 0 Å². The van der Waals surface area contributed by atoms with Gasteiger partial charge in [-0.3, -0.25) is 4.79 Å². The van der Waals surface area contributed by atoms with Crippen LogP contribution in [0.15, 0.2) is 36.4 Å². The van der Waals surface area contributed by atoms with Crippen LogP contribution in [0.5, 0.6) is 5.75 Å². The third-order valence-electron chi connectivity index (χ3n) is 6.66. The van der Waals surface area contributed by atoms with Crippen molar-refractivity contribution in [3.63, 3.8) is 0 Å². The first-order chi connectivity index (χ1) is 17.4. The number of halogens is 1. The topological polar surface area (TPSA) is 75.6 Å². The highest BCUT2D eigenvalue weighted by Gasteiger charge is 2.24. The van der Waals surface area contributed by atoms with Gasteiger partial charge in [0.2, 0.25) is 0 Å². The van der Waals surface area contributed by atoms with Crippen molar-refractivity contribution in [1.29, 1.82) is 0 Å². The van der Waals surface area contributed by atoms with Crippen molar-refractivity contribution in [3.8, 4) is 26.9 Å². The highest BCUT2D eigenvalue weighted by molar-refractivity contribution is 7.17. The summed E-state index contributed by atoms with van der Waals surface area (Å²) >= 11 is 8.04. The summed E-state index contributed by atoms with van der Waals surface area (Å²) < 4.78 is 5.76. The molecule has 0 atom stereocenters. The van der Waals surface area contributed by atoms with E-state index >= 15 is 0 Å². The van der Waals surface area contributed by atoms with E-state index in [0.717, 1.165) is 60.0 Å². The zero-order valence-electron chi connectivity index (χ0n) is 21.2. The number of hydrogen-bond donors (Lipinski definition) is 1. The highest BCUT2D eigenvalue weighted by Crippen LogP contribution is 2.39. The molecule has 36 heavy (non-hydrogen) atoms. The fourth-order valence-electron chi connectivity index (χ4n) is 4.94. The van der Waals surface area contributed by atoms with Crippen LogP contribution in [0.4, 0.5) is 0 Å². The van der Waals surface area contributed by atoms with Gasteiger partial charge in [-0.25, -0.2) is 0 Å². The van der Waals surface area contributed by atoms with Crippen LogP contribution in [0.1, 0.15) is 63.5 Å². The van der Waals surface area contributed by atoms with E-state index in [4.69, 9.17) is 21.4 Å². The van der Waals surface area contributed by atoms with Gasteiger partial charge in [0.05, 0.1) is 11.1 Å². The molecule has 6 nitrogen and oxygen atoms in total. The van der Waals surface area contributed by atoms with Crippen molar-refractivity contribution in [3.05, 3.63) is 52.5 Å². The molecule has 1 saturated heterocycles. The zero-order valence-corrected chi connectivity index (χ0v) is 22.7. The number of ether oxygens (including phenoxy) is 1. The molecular formula is C28H34ClN3O3S. The Morgan fingerprint density at radius 3 is 2.61 bits per heavy atom. The maximum atomic E-state index is 10.8. The van der Waals surface area contributed by atoms with Crippen molar-refractivity contribution in [1.82, 2.24) is 15.1 Å². The van der Waals surface area contributed by atoms with E-state index in [1.807, 2.05) is 32.0 Å². The smallest absolute Gasteiger partial charge is 0.303 e. The lowest BCUT2D eigenvalue weighted by Crippen LogP contribution is -2.34. The normalized spacial score (nSPS) is 14.9. The van der Waals surface area contributed by atoms with Crippen molar-refractivity contribution < 1.29 is 14.6 Å². The Morgan fingerprint density at radius 2 is 1.94 bits per heavy atom. The van der Waals surface area contributed by atoms with Gasteiger partial charge in [0.1, 0.15) is 15.8 Å². The monoisotopic (exact) mass is 527 g/mol. The standard InChI is InChI=1S/C28H34ClN3O3S/c1-4-21-22(19-12-15-32(16-13-19)14-6-9-26(33)34)7-5-8-23(21)28-31-30-27(36-28)20-10-11-25(24(29)17-20)35-18(2)3/h5,7-8,10-11,17-19H,4,6,9,12-16H2,1-3H3,(H,33,34). The molecule has 1 aliphatic heterocycles. The molecule has 0 spiro atoms. The Labute approximate surface area is 222 Å². The Hall–Kier alpha value is -2.48. The first-order valence-electron chi connectivity index (χ1n) is 12.7. The lowest BCUT2D eigenvalue weighted by Gasteiger charge is -2.33. The summed E-state index contributed by atoms with van der Waals surface area (Å²) in [7, 11) is 0. The van der Waals surface area contributed by atoms with E-state index in [0.29, 0.717) is 23.1 Å². The molecule has 0 aliphatic carbocycles. The summed E-state index contributed by atoms with van der Waals surface area (Å²) in [6.07, 6.45) is 4.14. The SMILES string of the molecule is CCc1c(-c2nnc(-c3ccc(OC(C)C)c(Cl)c3)s2)cccc1C1CCN(CCCC(=O)O)CC1. The molecular weight excluding hydrogens is 494 g/mol. The summed E-state index contributed by atoms with van der Waals surface area (Å²) in [6, 6.07) is 12.3. The lowest BCUT2D eigenvalue weighted by molar-refractivity contribution is -0.137. The summed E-state index contributed by atoms with van der Waals surface area (Å²) in [5, 5.41) is 20.3. The predicted octanol–water partition coefficient (Wildman–Crippen LogP) is 6.92. The fraction of sp³-hybridized carbons (Fsp3) is 0.464. The number of aliphatic carboxylic acids is 1. The molecule has 2 aromatic carbocycles. The maximum Gasteiger partial charge on any atom is 0.303 e. The number of piperidine rings is 1. The third-order valence-corrected chi connectivity index (χ3v) is 7.96. The van der Waals surface area contributed by atoms with Crippen LogP contribution in [0.2, 0.25) is 5.02 Å². The van der Waals surface area contributed by atoms with Crippen molar-refractivity contribution >= 4 is 28.9 Å². The molecule has 0 unspecified atom stereocenters. The molecule has 0 bridgehead atoms. The molecule has 0 radical (unpaired) electrons. The van der Waals surface area contributed by atoms with Crippen LogP contribution in [-0.4, -0.2) is 51.9 Å². The van der Waals surface area contributed by atoms with Crippen LogP contribution in [0, 0.1) is 0 Å². The molecule has 1 aromatic heterocycles. The molecule has 4 rings (SSSR count). The summed E-state index contributed by atoms with van der Waals surface area (Å²) in [6.45, 7) is 9.05. The fourth-order valence-corrected chi connectivity index (χ4v) is 6.05. The molecule has 2 heterocycles. The van der Waals surface area contributed by atoms with Crippen molar-refractivity contribution in [2.75, 3.05) is 19.6 Å². The largest absolute Gasteiger partial charge is 0.489 e.